The Morgan fingerprint density at radius 2 is 1.65 bits per heavy atom. The molecule has 7 nitrogen and oxygen atoms in total. The van der Waals surface area contributed by atoms with Crippen LogP contribution in [0.3, 0.4) is 0 Å². The van der Waals surface area contributed by atoms with E-state index >= 15 is 0 Å². The first-order chi connectivity index (χ1) is 15.3. The minimum Gasteiger partial charge on any atom is -0.497 e. The van der Waals surface area contributed by atoms with Crippen molar-refractivity contribution in [3.05, 3.63) is 102 Å². The summed E-state index contributed by atoms with van der Waals surface area (Å²) in [6.07, 6.45) is 2.12. The molecule has 0 spiro atoms. The number of rotatable bonds is 6. The van der Waals surface area contributed by atoms with Crippen molar-refractivity contribution < 1.29 is 9.47 Å². The average Bonchev–Trinajstić information content (AvgIpc) is 3.32. The van der Waals surface area contributed by atoms with Crippen LogP contribution in [0, 0.1) is 0 Å². The summed E-state index contributed by atoms with van der Waals surface area (Å²) < 4.78 is 12.9. The second-order valence-electron chi connectivity index (χ2n) is 7.17. The molecule has 154 valence electrons. The second-order valence-corrected chi connectivity index (χ2v) is 7.17. The number of aromatic nitrogens is 4. The molecule has 1 unspecified atom stereocenters. The molecule has 0 radical (unpaired) electrons. The van der Waals surface area contributed by atoms with E-state index in [9.17, 15) is 0 Å². The standard InChI is InChI=1S/C24H21N5O2/c1-30-20-11-7-18(8-12-20)22-15-23(29-24(25-22)26-27-28-29)19-9-13-21(14-10-19)31-16-17-5-3-2-4-6-17/h2-15,23H,16H2,1H3,(H,25,26,28). The van der Waals surface area contributed by atoms with Crippen molar-refractivity contribution in [2.75, 3.05) is 12.4 Å². The molecule has 5 rings (SSSR count). The predicted octanol–water partition coefficient (Wildman–Crippen LogP) is 4.32. The lowest BCUT2D eigenvalue weighted by Crippen LogP contribution is -2.20. The Morgan fingerprint density at radius 1 is 0.903 bits per heavy atom. The van der Waals surface area contributed by atoms with E-state index in [2.05, 4.69) is 26.9 Å². The van der Waals surface area contributed by atoms with Crippen molar-refractivity contribution in [3.8, 4) is 11.5 Å². The third-order valence-corrected chi connectivity index (χ3v) is 5.20. The van der Waals surface area contributed by atoms with Gasteiger partial charge in [0.05, 0.1) is 7.11 Å². The molecule has 4 aromatic rings. The highest BCUT2D eigenvalue weighted by atomic mass is 16.5. The molecule has 2 heterocycles. The third kappa shape index (κ3) is 3.98. The van der Waals surface area contributed by atoms with Crippen LogP contribution in [0.5, 0.6) is 11.5 Å². The summed E-state index contributed by atoms with van der Waals surface area (Å²) >= 11 is 0. The maximum atomic E-state index is 5.91. The maximum absolute atomic E-state index is 5.91. The van der Waals surface area contributed by atoms with Gasteiger partial charge in [-0.1, -0.05) is 47.6 Å². The Bertz CT molecular complexity index is 1180. The van der Waals surface area contributed by atoms with Crippen LogP contribution >= 0.6 is 0 Å². The first-order valence-electron chi connectivity index (χ1n) is 9.98. The van der Waals surface area contributed by atoms with Gasteiger partial charge in [0.25, 0.3) is 0 Å². The summed E-state index contributed by atoms with van der Waals surface area (Å²) in [5, 5.41) is 15.4. The van der Waals surface area contributed by atoms with E-state index in [-0.39, 0.29) is 6.04 Å². The molecule has 1 atom stereocenters. The Kier molecular flexibility index (Phi) is 5.06. The lowest BCUT2D eigenvalue weighted by molar-refractivity contribution is 0.306. The Balaban J connectivity index is 1.39. The van der Waals surface area contributed by atoms with Crippen molar-refractivity contribution >= 4 is 11.6 Å². The van der Waals surface area contributed by atoms with E-state index < -0.39 is 0 Å². The number of nitrogens with zero attached hydrogens (tertiary/aromatic N) is 4. The smallest absolute Gasteiger partial charge is 0.248 e. The topological polar surface area (TPSA) is 74.1 Å². The summed E-state index contributed by atoms with van der Waals surface area (Å²) in [6, 6.07) is 25.9. The largest absolute Gasteiger partial charge is 0.497 e. The van der Waals surface area contributed by atoms with Gasteiger partial charge in [0.15, 0.2) is 0 Å². The molecule has 0 bridgehead atoms. The minimum atomic E-state index is -0.133. The molecular weight excluding hydrogens is 390 g/mol. The molecule has 31 heavy (non-hydrogen) atoms. The van der Waals surface area contributed by atoms with Crippen LogP contribution in [0.4, 0.5) is 5.95 Å². The molecule has 0 amide bonds. The van der Waals surface area contributed by atoms with Gasteiger partial charge >= 0.3 is 0 Å². The first-order valence-corrected chi connectivity index (χ1v) is 9.98. The number of allylic oxidation sites excluding steroid dienone is 1. The second kappa shape index (κ2) is 8.31. The van der Waals surface area contributed by atoms with Gasteiger partial charge in [0, 0.05) is 5.70 Å². The molecule has 1 N–H and O–H groups in total. The number of benzene rings is 3. The van der Waals surface area contributed by atoms with Gasteiger partial charge in [0.1, 0.15) is 24.1 Å². The summed E-state index contributed by atoms with van der Waals surface area (Å²) in [5.74, 6) is 2.23. The number of hydrogen-bond donors (Lipinski definition) is 1. The average molecular weight is 411 g/mol. The number of ether oxygens (including phenoxy) is 2. The summed E-state index contributed by atoms with van der Waals surface area (Å²) in [4.78, 5) is 0. The number of nitrogens with one attached hydrogen (secondary N) is 1. The van der Waals surface area contributed by atoms with Crippen LogP contribution in [0.15, 0.2) is 84.9 Å². The van der Waals surface area contributed by atoms with Gasteiger partial charge in [-0.15, -0.1) is 0 Å². The zero-order valence-corrected chi connectivity index (χ0v) is 17.0. The molecule has 1 aliphatic rings. The minimum absolute atomic E-state index is 0.133. The van der Waals surface area contributed by atoms with Gasteiger partial charge in [-0.25, -0.2) is 0 Å². The quantitative estimate of drug-likeness (QED) is 0.509. The van der Waals surface area contributed by atoms with Crippen molar-refractivity contribution in [2.45, 2.75) is 12.6 Å². The van der Waals surface area contributed by atoms with Crippen LogP contribution in [0.1, 0.15) is 22.7 Å². The zero-order chi connectivity index (χ0) is 21.0. The molecule has 1 aromatic heterocycles. The van der Waals surface area contributed by atoms with Crippen LogP contribution in [-0.4, -0.2) is 27.3 Å². The maximum Gasteiger partial charge on any atom is 0.248 e. The zero-order valence-electron chi connectivity index (χ0n) is 17.0. The van der Waals surface area contributed by atoms with Crippen molar-refractivity contribution in [1.29, 1.82) is 0 Å². The molecule has 0 fully saturated rings. The van der Waals surface area contributed by atoms with Gasteiger partial charge in [-0.3, -0.25) is 0 Å². The van der Waals surface area contributed by atoms with E-state index in [0.717, 1.165) is 33.9 Å². The number of anilines is 1. The molecule has 7 heteroatoms. The van der Waals surface area contributed by atoms with E-state index in [4.69, 9.17) is 9.47 Å². The Labute approximate surface area is 179 Å². The number of methoxy groups -OCH3 is 1. The number of fused-ring (bicyclic) bond motifs is 1. The predicted molar refractivity (Wildman–Crippen MR) is 118 cm³/mol. The van der Waals surface area contributed by atoms with Crippen molar-refractivity contribution in [1.82, 2.24) is 20.2 Å². The van der Waals surface area contributed by atoms with Gasteiger partial charge in [-0.05, 0) is 69.6 Å². The van der Waals surface area contributed by atoms with E-state index in [1.54, 1.807) is 11.8 Å². The first kappa shape index (κ1) is 18.9. The lowest BCUT2D eigenvalue weighted by atomic mass is 10.0. The molecule has 0 saturated carbocycles. The normalized spacial score (nSPS) is 14.9. The third-order valence-electron chi connectivity index (χ3n) is 5.20. The highest BCUT2D eigenvalue weighted by Crippen LogP contribution is 2.32. The molecule has 1 aliphatic heterocycles. The molecule has 0 aliphatic carbocycles. The van der Waals surface area contributed by atoms with E-state index in [0.29, 0.717) is 12.6 Å². The van der Waals surface area contributed by atoms with Crippen molar-refractivity contribution in [3.63, 3.8) is 0 Å². The summed E-state index contributed by atoms with van der Waals surface area (Å²) in [7, 11) is 1.66. The SMILES string of the molecule is COc1ccc(C2=CC(c3ccc(OCc4ccccc4)cc3)n3nnnc3N2)cc1. The van der Waals surface area contributed by atoms with Crippen molar-refractivity contribution in [2.24, 2.45) is 0 Å². The summed E-state index contributed by atoms with van der Waals surface area (Å²) in [5.41, 5.74) is 4.17. The molecule has 0 saturated heterocycles. The fraction of sp³-hybridized carbons (Fsp3) is 0.125. The molecule has 3 aromatic carbocycles. The Morgan fingerprint density at radius 3 is 2.39 bits per heavy atom. The number of hydrogen-bond acceptors (Lipinski definition) is 6. The van der Waals surface area contributed by atoms with Gasteiger partial charge in [-0.2, -0.15) is 4.68 Å². The van der Waals surface area contributed by atoms with Crippen LogP contribution < -0.4 is 14.8 Å². The van der Waals surface area contributed by atoms with Gasteiger partial charge < -0.3 is 14.8 Å². The highest BCUT2D eigenvalue weighted by molar-refractivity contribution is 5.77. The molecular formula is C24H21N5O2. The Hall–Kier alpha value is -4.13. The monoisotopic (exact) mass is 411 g/mol. The van der Waals surface area contributed by atoms with Crippen LogP contribution in [0.2, 0.25) is 0 Å². The lowest BCUT2D eigenvalue weighted by Gasteiger charge is -2.23. The summed E-state index contributed by atoms with van der Waals surface area (Å²) in [6.45, 7) is 0.534. The van der Waals surface area contributed by atoms with E-state index in [1.165, 1.54) is 0 Å². The van der Waals surface area contributed by atoms with Crippen LogP contribution in [-0.2, 0) is 6.61 Å². The van der Waals surface area contributed by atoms with Gasteiger partial charge in [0.2, 0.25) is 5.95 Å². The number of tetrazole rings is 1. The fourth-order valence-electron chi connectivity index (χ4n) is 3.53. The highest BCUT2D eigenvalue weighted by Gasteiger charge is 2.24. The fourth-order valence-corrected chi connectivity index (χ4v) is 3.53. The van der Waals surface area contributed by atoms with Crippen LogP contribution in [0.25, 0.3) is 5.70 Å². The van der Waals surface area contributed by atoms with E-state index in [1.807, 2.05) is 78.9 Å².